The summed E-state index contributed by atoms with van der Waals surface area (Å²) in [5.74, 6) is 1.22. The second-order valence-corrected chi connectivity index (χ2v) is 10.0. The highest BCUT2D eigenvalue weighted by Gasteiger charge is 2.31. The summed E-state index contributed by atoms with van der Waals surface area (Å²) in [6, 6.07) is 22.3. The number of carbonyl (C=O) groups is 3. The molecule has 2 aliphatic rings. The fourth-order valence-corrected chi connectivity index (χ4v) is 5.02. The van der Waals surface area contributed by atoms with Gasteiger partial charge in [-0.15, -0.1) is 0 Å². The van der Waals surface area contributed by atoms with Crippen molar-refractivity contribution in [2.24, 2.45) is 5.92 Å². The van der Waals surface area contributed by atoms with Gasteiger partial charge in [-0.3, -0.25) is 19.9 Å². The lowest BCUT2D eigenvalue weighted by molar-refractivity contribution is -0.108. The Labute approximate surface area is 226 Å². The van der Waals surface area contributed by atoms with Crippen LogP contribution in [0.3, 0.4) is 0 Å². The van der Waals surface area contributed by atoms with E-state index in [2.05, 4.69) is 15.6 Å². The number of nitrogens with one attached hydrogen (secondary N) is 2. The third kappa shape index (κ3) is 5.31. The highest BCUT2D eigenvalue weighted by atomic mass is 16.5. The van der Waals surface area contributed by atoms with Crippen LogP contribution in [0.5, 0.6) is 5.75 Å². The van der Waals surface area contributed by atoms with E-state index in [1.54, 1.807) is 11.1 Å². The first-order valence-electron chi connectivity index (χ1n) is 13.1. The van der Waals surface area contributed by atoms with Crippen molar-refractivity contribution in [1.82, 2.24) is 20.5 Å². The molecular weight excluding hydrogens is 492 g/mol. The van der Waals surface area contributed by atoms with Gasteiger partial charge in [-0.25, -0.2) is 4.79 Å². The maximum Gasteiger partial charge on any atom is 0.321 e. The number of hydrogen-bond acceptors (Lipinski definition) is 5. The summed E-state index contributed by atoms with van der Waals surface area (Å²) >= 11 is 0. The molecule has 1 aliphatic carbocycles. The minimum Gasteiger partial charge on any atom is -0.493 e. The summed E-state index contributed by atoms with van der Waals surface area (Å²) in [6.45, 7) is 1.36. The molecule has 4 aromatic rings. The molecule has 6 rings (SSSR count). The number of ether oxygens (including phenoxy) is 1. The van der Waals surface area contributed by atoms with E-state index in [1.807, 2.05) is 72.8 Å². The quantitative estimate of drug-likeness (QED) is 0.308. The van der Waals surface area contributed by atoms with Crippen molar-refractivity contribution in [2.45, 2.75) is 25.4 Å². The van der Waals surface area contributed by atoms with Gasteiger partial charge in [-0.2, -0.15) is 0 Å². The molecule has 3 aromatic carbocycles. The number of urea groups is 1. The average Bonchev–Trinajstić information content (AvgIpc) is 3.75. The van der Waals surface area contributed by atoms with Crippen molar-refractivity contribution in [2.75, 3.05) is 13.2 Å². The van der Waals surface area contributed by atoms with Crippen molar-refractivity contribution < 1.29 is 19.1 Å². The standard InChI is InChI=1S/C31H28N4O4/c36-19-33-31(38)34-28(17-35-16-24-12-13-25(15-27(24)30(35)37)39-18-20-6-7-20)22-10-8-21(9-11-22)26-5-1-3-23-4-2-14-32-29(23)26/h1-5,8-15,19-20,28H,6-7,16-18H2,(H2,33,34,36,38)/t28-/m0/s1. The predicted octanol–water partition coefficient (Wildman–Crippen LogP) is 4.84. The summed E-state index contributed by atoms with van der Waals surface area (Å²) in [6.07, 6.45) is 4.51. The fraction of sp³-hybridized carbons (Fsp3) is 0.226. The van der Waals surface area contributed by atoms with Gasteiger partial charge in [-0.05, 0) is 53.6 Å². The van der Waals surface area contributed by atoms with Crippen LogP contribution in [-0.4, -0.2) is 41.4 Å². The van der Waals surface area contributed by atoms with E-state index in [1.165, 1.54) is 12.8 Å². The Morgan fingerprint density at radius 3 is 2.67 bits per heavy atom. The first kappa shape index (κ1) is 24.6. The minimum atomic E-state index is -0.628. The van der Waals surface area contributed by atoms with Gasteiger partial charge in [-0.1, -0.05) is 54.6 Å². The van der Waals surface area contributed by atoms with Crippen LogP contribution in [0.4, 0.5) is 4.79 Å². The van der Waals surface area contributed by atoms with E-state index >= 15 is 0 Å². The minimum absolute atomic E-state index is 0.108. The van der Waals surface area contributed by atoms with Gasteiger partial charge in [0, 0.05) is 35.8 Å². The van der Waals surface area contributed by atoms with Crippen LogP contribution in [0.2, 0.25) is 0 Å². The van der Waals surface area contributed by atoms with E-state index in [9.17, 15) is 14.4 Å². The van der Waals surface area contributed by atoms with E-state index < -0.39 is 12.1 Å². The van der Waals surface area contributed by atoms with E-state index in [-0.39, 0.29) is 12.5 Å². The van der Waals surface area contributed by atoms with Crippen LogP contribution in [-0.2, 0) is 11.3 Å². The van der Waals surface area contributed by atoms with E-state index in [4.69, 9.17) is 4.74 Å². The zero-order chi connectivity index (χ0) is 26.8. The summed E-state index contributed by atoms with van der Waals surface area (Å²) in [4.78, 5) is 42.8. The lowest BCUT2D eigenvalue weighted by atomic mass is 9.98. The Morgan fingerprint density at radius 2 is 1.87 bits per heavy atom. The Kier molecular flexibility index (Phi) is 6.67. The summed E-state index contributed by atoms with van der Waals surface area (Å²) in [7, 11) is 0. The molecule has 1 aromatic heterocycles. The Hall–Kier alpha value is -4.72. The number of nitrogens with zero attached hydrogens (tertiary/aromatic N) is 2. The lowest BCUT2D eigenvalue weighted by Gasteiger charge is -2.25. The SMILES string of the molecule is O=CNC(=O)N[C@@H](CN1Cc2ccc(OCC3CC3)cc2C1=O)c1ccc(-c2cccc3cccnc23)cc1. The molecule has 0 unspecified atom stereocenters. The van der Waals surface area contributed by atoms with Gasteiger partial charge in [0.1, 0.15) is 5.75 Å². The molecule has 39 heavy (non-hydrogen) atoms. The zero-order valence-electron chi connectivity index (χ0n) is 21.3. The Morgan fingerprint density at radius 1 is 1.05 bits per heavy atom. The van der Waals surface area contributed by atoms with Crippen molar-refractivity contribution in [3.05, 3.63) is 95.7 Å². The van der Waals surface area contributed by atoms with Crippen LogP contribution in [0.25, 0.3) is 22.0 Å². The molecule has 0 radical (unpaired) electrons. The third-order valence-electron chi connectivity index (χ3n) is 7.30. The van der Waals surface area contributed by atoms with Crippen LogP contribution >= 0.6 is 0 Å². The monoisotopic (exact) mass is 520 g/mol. The van der Waals surface area contributed by atoms with Crippen molar-refractivity contribution in [3.8, 4) is 16.9 Å². The van der Waals surface area contributed by atoms with Crippen LogP contribution in [0.15, 0.2) is 79.0 Å². The highest BCUT2D eigenvalue weighted by Crippen LogP contribution is 2.33. The topological polar surface area (TPSA) is 101 Å². The molecule has 1 saturated carbocycles. The number of aromatic nitrogens is 1. The van der Waals surface area contributed by atoms with Gasteiger partial charge >= 0.3 is 6.03 Å². The number of pyridine rings is 1. The van der Waals surface area contributed by atoms with Gasteiger partial charge in [0.15, 0.2) is 0 Å². The van der Waals surface area contributed by atoms with Crippen LogP contribution in [0, 0.1) is 5.92 Å². The molecule has 1 atom stereocenters. The average molecular weight is 521 g/mol. The Bertz CT molecular complexity index is 1540. The highest BCUT2D eigenvalue weighted by molar-refractivity contribution is 5.99. The number of imide groups is 1. The molecule has 0 saturated heterocycles. The Balaban J connectivity index is 1.23. The lowest BCUT2D eigenvalue weighted by Crippen LogP contribution is -2.42. The number of fused-ring (bicyclic) bond motifs is 2. The van der Waals surface area contributed by atoms with Gasteiger partial charge in [0.2, 0.25) is 6.41 Å². The molecule has 1 aliphatic heterocycles. The van der Waals surface area contributed by atoms with Crippen molar-refractivity contribution in [3.63, 3.8) is 0 Å². The predicted molar refractivity (Wildman–Crippen MR) is 147 cm³/mol. The molecule has 4 amide bonds. The maximum absolute atomic E-state index is 13.3. The number of hydrogen-bond donors (Lipinski definition) is 2. The van der Waals surface area contributed by atoms with E-state index in [0.29, 0.717) is 36.8 Å². The molecule has 2 heterocycles. The number of para-hydroxylation sites is 1. The molecular formula is C31H28N4O4. The largest absolute Gasteiger partial charge is 0.493 e. The molecule has 1 fully saturated rings. The normalized spacial score (nSPS) is 15.1. The fourth-order valence-electron chi connectivity index (χ4n) is 5.02. The number of benzene rings is 3. The van der Waals surface area contributed by atoms with Crippen LogP contribution in [0.1, 0.15) is 40.4 Å². The van der Waals surface area contributed by atoms with Gasteiger partial charge < -0.3 is 15.0 Å². The van der Waals surface area contributed by atoms with Gasteiger partial charge in [0.05, 0.1) is 18.2 Å². The molecule has 8 nitrogen and oxygen atoms in total. The second kappa shape index (κ2) is 10.6. The number of carbonyl (C=O) groups excluding carboxylic acids is 3. The molecule has 0 spiro atoms. The second-order valence-electron chi connectivity index (χ2n) is 10.0. The summed E-state index contributed by atoms with van der Waals surface area (Å²) in [5, 5.41) is 6.02. The van der Waals surface area contributed by atoms with Crippen molar-refractivity contribution >= 4 is 29.3 Å². The number of amides is 4. The zero-order valence-corrected chi connectivity index (χ0v) is 21.3. The van der Waals surface area contributed by atoms with Crippen molar-refractivity contribution in [1.29, 1.82) is 0 Å². The smallest absolute Gasteiger partial charge is 0.321 e. The maximum atomic E-state index is 13.3. The first-order chi connectivity index (χ1) is 19.1. The molecule has 2 N–H and O–H groups in total. The molecule has 8 heteroatoms. The van der Waals surface area contributed by atoms with Crippen LogP contribution < -0.4 is 15.4 Å². The first-order valence-corrected chi connectivity index (χ1v) is 13.1. The summed E-state index contributed by atoms with van der Waals surface area (Å²) < 4.78 is 5.87. The summed E-state index contributed by atoms with van der Waals surface area (Å²) in [5.41, 5.74) is 5.26. The molecule has 196 valence electrons. The number of rotatable bonds is 9. The molecule has 0 bridgehead atoms. The van der Waals surface area contributed by atoms with Gasteiger partial charge in [0.25, 0.3) is 5.91 Å². The van der Waals surface area contributed by atoms with E-state index in [0.717, 1.165) is 33.2 Å². The third-order valence-corrected chi connectivity index (χ3v) is 7.30.